The van der Waals surface area contributed by atoms with Gasteiger partial charge < -0.3 is 10.2 Å². The smallest absolute Gasteiger partial charge is 0.237 e. The largest absolute Gasteiger partial charge is 0.325 e. The van der Waals surface area contributed by atoms with Gasteiger partial charge in [0.15, 0.2) is 0 Å². The molecule has 2 aliphatic heterocycles. The number of nitrogens with one attached hydrogen (secondary N) is 1. The minimum absolute atomic E-state index is 0.185. The van der Waals surface area contributed by atoms with Gasteiger partial charge in [-0.15, -0.1) is 0 Å². The number of amides is 1. The van der Waals surface area contributed by atoms with Crippen LogP contribution in [0.5, 0.6) is 0 Å². The summed E-state index contributed by atoms with van der Waals surface area (Å²) >= 11 is 0. The first kappa shape index (κ1) is 11.7. The quantitative estimate of drug-likeness (QED) is 0.884. The third kappa shape index (κ3) is 1.65. The lowest BCUT2D eigenvalue weighted by Gasteiger charge is -2.46. The molecule has 18 heavy (non-hydrogen) atoms. The van der Waals surface area contributed by atoms with Gasteiger partial charge in [-0.2, -0.15) is 0 Å². The number of likely N-dealkylation sites (tertiary alicyclic amines) is 1. The molecule has 1 aromatic rings. The predicted octanol–water partition coefficient (Wildman–Crippen LogP) is 2.24. The summed E-state index contributed by atoms with van der Waals surface area (Å²) in [5.74, 6) is 0.913. The molecular formula is C15H20N2O. The van der Waals surface area contributed by atoms with E-state index in [2.05, 4.69) is 30.1 Å². The Labute approximate surface area is 108 Å². The summed E-state index contributed by atoms with van der Waals surface area (Å²) in [7, 11) is 0. The average molecular weight is 244 g/mol. The molecule has 1 N–H and O–H groups in total. The minimum Gasteiger partial charge on any atom is -0.325 e. The summed E-state index contributed by atoms with van der Waals surface area (Å²) < 4.78 is 0. The number of hydrogen-bond donors (Lipinski definition) is 1. The molecule has 1 amide bonds. The van der Waals surface area contributed by atoms with Crippen molar-refractivity contribution in [1.29, 1.82) is 0 Å². The van der Waals surface area contributed by atoms with Crippen LogP contribution in [0.2, 0.25) is 0 Å². The molecule has 2 heterocycles. The van der Waals surface area contributed by atoms with E-state index in [1.165, 1.54) is 12.0 Å². The summed E-state index contributed by atoms with van der Waals surface area (Å²) in [4.78, 5) is 14.6. The van der Waals surface area contributed by atoms with E-state index in [1.54, 1.807) is 0 Å². The molecule has 0 unspecified atom stereocenters. The van der Waals surface area contributed by atoms with E-state index in [0.717, 1.165) is 31.2 Å². The van der Waals surface area contributed by atoms with Gasteiger partial charge in [0.05, 0.1) is 0 Å². The Kier molecular flexibility index (Phi) is 2.67. The topological polar surface area (TPSA) is 32.3 Å². The summed E-state index contributed by atoms with van der Waals surface area (Å²) in [6.07, 6.45) is 1.21. The van der Waals surface area contributed by atoms with E-state index in [9.17, 15) is 4.79 Å². The van der Waals surface area contributed by atoms with Crippen LogP contribution in [-0.2, 0) is 10.2 Å². The predicted molar refractivity (Wildman–Crippen MR) is 72.6 cm³/mol. The van der Waals surface area contributed by atoms with E-state index in [0.29, 0.717) is 0 Å². The SMILES string of the molecule is CC(C)CCN1CC2(C1)C(=O)Nc1ccccc12. The molecule has 0 bridgehead atoms. The van der Waals surface area contributed by atoms with Gasteiger partial charge in [0.2, 0.25) is 5.91 Å². The van der Waals surface area contributed by atoms with Crippen LogP contribution >= 0.6 is 0 Å². The first-order valence-electron chi connectivity index (χ1n) is 6.75. The van der Waals surface area contributed by atoms with Crippen LogP contribution < -0.4 is 5.32 Å². The monoisotopic (exact) mass is 244 g/mol. The summed E-state index contributed by atoms with van der Waals surface area (Å²) in [6, 6.07) is 8.09. The zero-order valence-electron chi connectivity index (χ0n) is 11.1. The maximum atomic E-state index is 12.2. The maximum absolute atomic E-state index is 12.2. The Hall–Kier alpha value is -1.35. The van der Waals surface area contributed by atoms with Crippen molar-refractivity contribution in [3.8, 4) is 0 Å². The first-order valence-corrected chi connectivity index (χ1v) is 6.75. The molecule has 3 rings (SSSR count). The van der Waals surface area contributed by atoms with Crippen LogP contribution in [0.3, 0.4) is 0 Å². The summed E-state index contributed by atoms with van der Waals surface area (Å²) in [5, 5.41) is 3.01. The number of anilines is 1. The number of benzene rings is 1. The van der Waals surface area contributed by atoms with Crippen molar-refractivity contribution in [2.24, 2.45) is 5.92 Å². The molecule has 0 aliphatic carbocycles. The van der Waals surface area contributed by atoms with Gasteiger partial charge in [0, 0.05) is 18.8 Å². The number of carbonyl (C=O) groups is 1. The number of para-hydroxylation sites is 1. The van der Waals surface area contributed by atoms with E-state index in [-0.39, 0.29) is 11.3 Å². The lowest BCUT2D eigenvalue weighted by Crippen LogP contribution is -2.62. The van der Waals surface area contributed by atoms with Crippen molar-refractivity contribution in [1.82, 2.24) is 4.90 Å². The van der Waals surface area contributed by atoms with Gasteiger partial charge in [0.25, 0.3) is 0 Å². The highest BCUT2D eigenvalue weighted by Crippen LogP contribution is 2.44. The Morgan fingerprint density at radius 2 is 2.06 bits per heavy atom. The Morgan fingerprint density at radius 1 is 1.33 bits per heavy atom. The zero-order valence-corrected chi connectivity index (χ0v) is 11.1. The van der Waals surface area contributed by atoms with Gasteiger partial charge in [-0.05, 0) is 30.5 Å². The molecule has 0 radical (unpaired) electrons. The zero-order chi connectivity index (χ0) is 12.8. The average Bonchev–Trinajstić information content (AvgIpc) is 2.57. The lowest BCUT2D eigenvalue weighted by molar-refractivity contribution is -0.127. The van der Waals surface area contributed by atoms with Crippen LogP contribution in [-0.4, -0.2) is 30.4 Å². The second-order valence-corrected chi connectivity index (χ2v) is 5.97. The van der Waals surface area contributed by atoms with Crippen molar-refractivity contribution in [3.05, 3.63) is 29.8 Å². The minimum atomic E-state index is -0.256. The second-order valence-electron chi connectivity index (χ2n) is 5.97. The van der Waals surface area contributed by atoms with Crippen molar-refractivity contribution in [2.75, 3.05) is 25.0 Å². The van der Waals surface area contributed by atoms with E-state index < -0.39 is 0 Å². The fourth-order valence-corrected chi connectivity index (χ4v) is 3.00. The fraction of sp³-hybridized carbons (Fsp3) is 0.533. The van der Waals surface area contributed by atoms with Gasteiger partial charge in [-0.3, -0.25) is 4.79 Å². The number of hydrogen-bond acceptors (Lipinski definition) is 2. The molecule has 0 saturated carbocycles. The molecule has 1 saturated heterocycles. The molecule has 3 nitrogen and oxygen atoms in total. The number of nitrogens with zero attached hydrogens (tertiary/aromatic N) is 1. The maximum Gasteiger partial charge on any atom is 0.237 e. The van der Waals surface area contributed by atoms with Crippen LogP contribution in [0.4, 0.5) is 5.69 Å². The molecule has 0 aromatic heterocycles. The van der Waals surface area contributed by atoms with Crippen molar-refractivity contribution in [3.63, 3.8) is 0 Å². The second kappa shape index (κ2) is 4.09. The molecule has 0 atom stereocenters. The molecule has 2 aliphatic rings. The Morgan fingerprint density at radius 3 is 2.78 bits per heavy atom. The van der Waals surface area contributed by atoms with E-state index in [1.807, 2.05) is 18.2 Å². The number of rotatable bonds is 3. The van der Waals surface area contributed by atoms with Gasteiger partial charge >= 0.3 is 0 Å². The third-order valence-electron chi connectivity index (χ3n) is 4.14. The highest BCUT2D eigenvalue weighted by molar-refractivity contribution is 6.07. The Bertz CT molecular complexity index is 475. The lowest BCUT2D eigenvalue weighted by atomic mass is 9.74. The third-order valence-corrected chi connectivity index (χ3v) is 4.14. The standard InChI is InChI=1S/C15H20N2O/c1-11(2)7-8-17-9-15(10-17)12-5-3-4-6-13(12)16-14(15)18/h3-6,11H,7-10H2,1-2H3,(H,16,18). The molecule has 3 heteroatoms. The molecule has 96 valence electrons. The van der Waals surface area contributed by atoms with Crippen molar-refractivity contribution < 1.29 is 4.79 Å². The van der Waals surface area contributed by atoms with Crippen LogP contribution in [0.1, 0.15) is 25.8 Å². The molecule has 1 spiro atoms. The summed E-state index contributed by atoms with van der Waals surface area (Å²) in [5.41, 5.74) is 1.94. The number of fused-ring (bicyclic) bond motifs is 2. The molecule has 1 aromatic carbocycles. The van der Waals surface area contributed by atoms with Gasteiger partial charge in [0.1, 0.15) is 5.41 Å². The Balaban J connectivity index is 1.73. The number of carbonyl (C=O) groups excluding carboxylic acids is 1. The van der Waals surface area contributed by atoms with Crippen LogP contribution in [0.15, 0.2) is 24.3 Å². The van der Waals surface area contributed by atoms with E-state index in [4.69, 9.17) is 0 Å². The van der Waals surface area contributed by atoms with Crippen molar-refractivity contribution in [2.45, 2.75) is 25.7 Å². The van der Waals surface area contributed by atoms with E-state index >= 15 is 0 Å². The molecular weight excluding hydrogens is 224 g/mol. The summed E-state index contributed by atoms with van der Waals surface area (Å²) in [6.45, 7) is 7.35. The normalized spacial score (nSPS) is 20.9. The fourth-order valence-electron chi connectivity index (χ4n) is 3.00. The van der Waals surface area contributed by atoms with Gasteiger partial charge in [-0.25, -0.2) is 0 Å². The molecule has 1 fully saturated rings. The van der Waals surface area contributed by atoms with Crippen LogP contribution in [0.25, 0.3) is 0 Å². The van der Waals surface area contributed by atoms with Crippen LogP contribution in [0, 0.1) is 5.92 Å². The van der Waals surface area contributed by atoms with Crippen molar-refractivity contribution >= 4 is 11.6 Å². The highest BCUT2D eigenvalue weighted by atomic mass is 16.2. The first-order chi connectivity index (χ1) is 8.62. The highest BCUT2D eigenvalue weighted by Gasteiger charge is 2.54. The van der Waals surface area contributed by atoms with Gasteiger partial charge in [-0.1, -0.05) is 32.0 Å².